The number of aliphatic carboxylic acids is 1. The van der Waals surface area contributed by atoms with Crippen LogP contribution >= 0.6 is 23.4 Å². The molecule has 2 N–H and O–H groups in total. The molecule has 35 heavy (non-hydrogen) atoms. The monoisotopic (exact) mass is 539 g/mol. The maximum Gasteiger partial charge on any atom is 0.341 e. The second-order valence-corrected chi connectivity index (χ2v) is 13.1. The van der Waals surface area contributed by atoms with Gasteiger partial charge in [-0.25, -0.2) is 13.2 Å². The third-order valence-electron chi connectivity index (χ3n) is 6.16. The molecule has 0 spiro atoms. The van der Waals surface area contributed by atoms with E-state index in [0.717, 1.165) is 35.4 Å². The molecule has 0 amide bonds. The summed E-state index contributed by atoms with van der Waals surface area (Å²) < 4.78 is 30.8. The molecule has 0 radical (unpaired) electrons. The standard InChI is InChI=1S/C26H34ClNO5S2/c1-18-14-21(8-11-25(18)33-17-26(29)30)34-19(2)16-28-12-5-13-35(31,32)22-9-10-23(24(27)15-22)20-6-3-4-7-20/h8-11,14-15,19-20,28H,3-7,12-13,16-17H2,1-2H3,(H,29,30). The number of carboxylic acid groups (broad SMARTS) is 1. The van der Waals surface area contributed by atoms with Gasteiger partial charge in [0.05, 0.1) is 10.6 Å². The van der Waals surface area contributed by atoms with Crippen LogP contribution in [-0.4, -0.2) is 50.2 Å². The third kappa shape index (κ3) is 8.41. The Balaban J connectivity index is 1.40. The number of nitrogens with one attached hydrogen (secondary N) is 1. The fourth-order valence-corrected chi connectivity index (χ4v) is 7.14. The number of thioether (sulfide) groups is 1. The van der Waals surface area contributed by atoms with Crippen molar-refractivity contribution in [2.24, 2.45) is 0 Å². The van der Waals surface area contributed by atoms with Crippen molar-refractivity contribution in [3.8, 4) is 5.75 Å². The highest BCUT2D eigenvalue weighted by Gasteiger charge is 2.22. The summed E-state index contributed by atoms with van der Waals surface area (Å²) in [4.78, 5) is 12.0. The lowest BCUT2D eigenvalue weighted by atomic mass is 9.98. The number of halogens is 1. The fourth-order valence-electron chi connectivity index (χ4n) is 4.35. The first-order chi connectivity index (χ1) is 16.7. The van der Waals surface area contributed by atoms with Crippen LogP contribution in [0.1, 0.15) is 56.1 Å². The van der Waals surface area contributed by atoms with Crippen LogP contribution in [0.3, 0.4) is 0 Å². The Morgan fingerprint density at radius 3 is 2.63 bits per heavy atom. The predicted octanol–water partition coefficient (Wildman–Crippen LogP) is 5.70. The fraction of sp³-hybridized carbons (Fsp3) is 0.500. The van der Waals surface area contributed by atoms with Crippen LogP contribution in [0.2, 0.25) is 5.02 Å². The van der Waals surface area contributed by atoms with Crippen LogP contribution in [0.15, 0.2) is 46.2 Å². The quantitative estimate of drug-likeness (QED) is 0.249. The van der Waals surface area contributed by atoms with Crippen LogP contribution in [0.4, 0.5) is 0 Å². The molecule has 2 aromatic carbocycles. The first-order valence-electron chi connectivity index (χ1n) is 12.0. The van der Waals surface area contributed by atoms with Crippen molar-refractivity contribution in [2.75, 3.05) is 25.4 Å². The maximum atomic E-state index is 12.8. The van der Waals surface area contributed by atoms with Crippen molar-refractivity contribution >= 4 is 39.2 Å². The molecule has 2 aromatic rings. The van der Waals surface area contributed by atoms with Crippen LogP contribution in [0.5, 0.6) is 5.75 Å². The van der Waals surface area contributed by atoms with Crippen molar-refractivity contribution < 1.29 is 23.1 Å². The van der Waals surface area contributed by atoms with Gasteiger partial charge in [-0.1, -0.05) is 37.4 Å². The van der Waals surface area contributed by atoms with E-state index in [0.29, 0.717) is 34.6 Å². The molecular weight excluding hydrogens is 506 g/mol. The van der Waals surface area contributed by atoms with E-state index in [9.17, 15) is 13.2 Å². The average Bonchev–Trinajstić information content (AvgIpc) is 3.32. The van der Waals surface area contributed by atoms with Gasteiger partial charge >= 0.3 is 5.97 Å². The smallest absolute Gasteiger partial charge is 0.341 e. The van der Waals surface area contributed by atoms with Crippen molar-refractivity contribution in [1.82, 2.24) is 5.32 Å². The van der Waals surface area contributed by atoms with E-state index in [1.165, 1.54) is 12.8 Å². The summed E-state index contributed by atoms with van der Waals surface area (Å²) >= 11 is 8.13. The molecule has 9 heteroatoms. The van der Waals surface area contributed by atoms with Gasteiger partial charge in [0.25, 0.3) is 0 Å². The molecule has 1 aliphatic rings. The Morgan fingerprint density at radius 2 is 1.97 bits per heavy atom. The summed E-state index contributed by atoms with van der Waals surface area (Å²) in [5.74, 6) is 0.0995. The highest BCUT2D eigenvalue weighted by Crippen LogP contribution is 2.38. The van der Waals surface area contributed by atoms with Crippen molar-refractivity contribution in [3.63, 3.8) is 0 Å². The van der Waals surface area contributed by atoms with E-state index in [2.05, 4.69) is 12.2 Å². The van der Waals surface area contributed by atoms with Gasteiger partial charge in [0, 0.05) is 21.7 Å². The molecule has 1 fully saturated rings. The van der Waals surface area contributed by atoms with E-state index < -0.39 is 15.8 Å². The van der Waals surface area contributed by atoms with Crippen molar-refractivity contribution in [2.45, 2.75) is 66.9 Å². The topological polar surface area (TPSA) is 92.7 Å². The molecule has 0 heterocycles. The first kappa shape index (κ1) is 27.8. The number of carboxylic acids is 1. The van der Waals surface area contributed by atoms with Crippen molar-refractivity contribution in [1.29, 1.82) is 0 Å². The molecule has 0 aliphatic heterocycles. The van der Waals surface area contributed by atoms with Crippen LogP contribution in [0, 0.1) is 6.92 Å². The molecule has 1 saturated carbocycles. The lowest BCUT2D eigenvalue weighted by molar-refractivity contribution is -0.139. The summed E-state index contributed by atoms with van der Waals surface area (Å²) in [5, 5.41) is 12.9. The Kier molecular flexibility index (Phi) is 10.3. The summed E-state index contributed by atoms with van der Waals surface area (Å²) in [6.45, 7) is 4.98. The highest BCUT2D eigenvalue weighted by atomic mass is 35.5. The Hall–Kier alpha value is -1.74. The van der Waals surface area contributed by atoms with Gasteiger partial charge in [-0.15, -0.1) is 11.8 Å². The summed E-state index contributed by atoms with van der Waals surface area (Å²) in [6, 6.07) is 10.9. The van der Waals surface area contributed by atoms with Gasteiger partial charge in [0.2, 0.25) is 0 Å². The van der Waals surface area contributed by atoms with Gasteiger partial charge in [0.1, 0.15) is 5.75 Å². The zero-order chi connectivity index (χ0) is 25.4. The molecule has 1 unspecified atom stereocenters. The minimum atomic E-state index is -3.37. The second-order valence-electron chi connectivity index (χ2n) is 9.08. The minimum absolute atomic E-state index is 0.0810. The average molecular weight is 540 g/mol. The number of carbonyl (C=O) groups is 1. The molecule has 192 valence electrons. The van der Waals surface area contributed by atoms with E-state index >= 15 is 0 Å². The SMILES string of the molecule is Cc1cc(SC(C)CNCCCS(=O)(=O)c2ccc(C3CCCC3)c(Cl)c2)ccc1OCC(=O)O. The molecule has 0 saturated heterocycles. The molecule has 0 aromatic heterocycles. The normalized spacial score (nSPS) is 15.3. The van der Waals surface area contributed by atoms with Gasteiger partial charge in [-0.3, -0.25) is 0 Å². The number of sulfone groups is 1. The van der Waals surface area contributed by atoms with Gasteiger partial charge in [-0.2, -0.15) is 0 Å². The van der Waals surface area contributed by atoms with E-state index in [1.54, 1.807) is 30.0 Å². The third-order valence-corrected chi connectivity index (χ3v) is 9.38. The molecule has 1 atom stereocenters. The molecule has 1 aliphatic carbocycles. The van der Waals surface area contributed by atoms with Crippen molar-refractivity contribution in [3.05, 3.63) is 52.5 Å². The molecular formula is C26H34ClNO5S2. The molecule has 6 nitrogen and oxygen atoms in total. The van der Waals surface area contributed by atoms with E-state index in [4.69, 9.17) is 21.4 Å². The van der Waals surface area contributed by atoms with E-state index in [-0.39, 0.29) is 17.6 Å². The van der Waals surface area contributed by atoms with Crippen LogP contribution in [0.25, 0.3) is 0 Å². The second kappa shape index (κ2) is 13.0. The number of rotatable bonds is 13. The number of ether oxygens (including phenoxy) is 1. The zero-order valence-corrected chi connectivity index (χ0v) is 22.6. The number of hydrogen-bond donors (Lipinski definition) is 2. The molecule has 3 rings (SSSR count). The minimum Gasteiger partial charge on any atom is -0.482 e. The summed E-state index contributed by atoms with van der Waals surface area (Å²) in [7, 11) is -3.37. The highest BCUT2D eigenvalue weighted by molar-refractivity contribution is 8.00. The molecule has 0 bridgehead atoms. The number of benzene rings is 2. The van der Waals surface area contributed by atoms with E-state index in [1.807, 2.05) is 25.1 Å². The van der Waals surface area contributed by atoms with Crippen LogP contribution in [-0.2, 0) is 14.6 Å². The lowest BCUT2D eigenvalue weighted by Gasteiger charge is -2.15. The summed E-state index contributed by atoms with van der Waals surface area (Å²) in [5.41, 5.74) is 1.96. The maximum absolute atomic E-state index is 12.8. The predicted molar refractivity (Wildman–Crippen MR) is 142 cm³/mol. The summed E-state index contributed by atoms with van der Waals surface area (Å²) in [6.07, 6.45) is 5.19. The largest absolute Gasteiger partial charge is 0.482 e. The van der Waals surface area contributed by atoms with Gasteiger partial charge in [-0.05, 0) is 80.1 Å². The number of hydrogen-bond acceptors (Lipinski definition) is 6. The zero-order valence-electron chi connectivity index (χ0n) is 20.3. The Bertz CT molecular complexity index is 1120. The van der Waals surface area contributed by atoms with Gasteiger partial charge in [0.15, 0.2) is 16.4 Å². The Labute approximate surface area is 217 Å². The van der Waals surface area contributed by atoms with Gasteiger partial charge < -0.3 is 15.2 Å². The van der Waals surface area contributed by atoms with Crippen LogP contribution < -0.4 is 10.1 Å². The Morgan fingerprint density at radius 1 is 1.23 bits per heavy atom. The lowest BCUT2D eigenvalue weighted by Crippen LogP contribution is -2.25. The first-order valence-corrected chi connectivity index (χ1v) is 14.9. The number of aryl methyl sites for hydroxylation is 1.